The number of carbonyl (C=O) groups excluding carboxylic acids is 1. The second-order valence-corrected chi connectivity index (χ2v) is 7.64. The zero-order chi connectivity index (χ0) is 17.2. The molecule has 0 N–H and O–H groups in total. The molecule has 4 rings (SSSR count). The maximum atomic E-state index is 12.9. The van der Waals surface area contributed by atoms with Gasteiger partial charge in [-0.1, -0.05) is 6.42 Å². The molecule has 0 aliphatic heterocycles. The van der Waals surface area contributed by atoms with Crippen LogP contribution in [0.4, 0.5) is 0 Å². The standard InChI is InChI=1S/C22H27NO2/c1-25-19-10-7-15(8-11-19)22(24)17-9-12-21-18(14-17)13-16-5-3-2-4-6-20(16)23-21/h9,12-15,19H,2-8,10-11H2,1H3. The highest BCUT2D eigenvalue weighted by atomic mass is 16.5. The van der Waals surface area contributed by atoms with Gasteiger partial charge in [0.25, 0.3) is 0 Å². The van der Waals surface area contributed by atoms with Gasteiger partial charge >= 0.3 is 0 Å². The van der Waals surface area contributed by atoms with Gasteiger partial charge in [-0.15, -0.1) is 0 Å². The number of carbonyl (C=O) groups is 1. The Morgan fingerprint density at radius 1 is 1.04 bits per heavy atom. The zero-order valence-electron chi connectivity index (χ0n) is 15.1. The molecule has 3 heteroatoms. The Bertz CT molecular complexity index is 775. The number of hydrogen-bond donors (Lipinski definition) is 0. The molecule has 0 spiro atoms. The first-order valence-corrected chi connectivity index (χ1v) is 9.74. The van der Waals surface area contributed by atoms with Crippen LogP contribution < -0.4 is 0 Å². The van der Waals surface area contributed by atoms with Gasteiger partial charge in [-0.05, 0) is 81.2 Å². The Labute approximate surface area is 149 Å². The van der Waals surface area contributed by atoms with E-state index in [9.17, 15) is 4.79 Å². The maximum absolute atomic E-state index is 12.9. The molecule has 2 aliphatic carbocycles. The summed E-state index contributed by atoms with van der Waals surface area (Å²) < 4.78 is 5.43. The van der Waals surface area contributed by atoms with E-state index in [1.807, 2.05) is 12.1 Å². The molecule has 1 saturated carbocycles. The average Bonchev–Trinajstić information content (AvgIpc) is 2.90. The van der Waals surface area contributed by atoms with Crippen molar-refractivity contribution in [1.29, 1.82) is 0 Å². The number of pyridine rings is 1. The fourth-order valence-electron chi connectivity index (χ4n) is 4.43. The van der Waals surface area contributed by atoms with Gasteiger partial charge in [0.05, 0.1) is 11.6 Å². The molecule has 1 aromatic heterocycles. The summed E-state index contributed by atoms with van der Waals surface area (Å²) in [6.07, 6.45) is 10.2. The summed E-state index contributed by atoms with van der Waals surface area (Å²) >= 11 is 0. The van der Waals surface area contributed by atoms with E-state index >= 15 is 0 Å². The highest BCUT2D eigenvalue weighted by molar-refractivity contribution is 6.01. The van der Waals surface area contributed by atoms with E-state index in [2.05, 4.69) is 12.1 Å². The lowest BCUT2D eigenvalue weighted by Crippen LogP contribution is -2.25. The summed E-state index contributed by atoms with van der Waals surface area (Å²) in [5.74, 6) is 0.448. The van der Waals surface area contributed by atoms with Crippen LogP contribution in [-0.2, 0) is 17.6 Å². The van der Waals surface area contributed by atoms with Crippen molar-refractivity contribution in [2.75, 3.05) is 7.11 Å². The Morgan fingerprint density at radius 2 is 1.84 bits per heavy atom. The third-order valence-corrected chi connectivity index (χ3v) is 6.01. The van der Waals surface area contributed by atoms with Crippen LogP contribution in [0.1, 0.15) is 66.6 Å². The number of rotatable bonds is 3. The highest BCUT2D eigenvalue weighted by Crippen LogP contribution is 2.30. The van der Waals surface area contributed by atoms with Crippen LogP contribution in [0.15, 0.2) is 24.3 Å². The van der Waals surface area contributed by atoms with Gasteiger partial charge in [0, 0.05) is 29.7 Å². The van der Waals surface area contributed by atoms with Crippen molar-refractivity contribution >= 4 is 16.7 Å². The van der Waals surface area contributed by atoms with Crippen molar-refractivity contribution < 1.29 is 9.53 Å². The monoisotopic (exact) mass is 337 g/mol. The van der Waals surface area contributed by atoms with Crippen LogP contribution in [0, 0.1) is 5.92 Å². The van der Waals surface area contributed by atoms with Gasteiger partial charge in [0.1, 0.15) is 0 Å². The molecule has 0 radical (unpaired) electrons. The van der Waals surface area contributed by atoms with Gasteiger partial charge in [-0.2, -0.15) is 0 Å². The summed E-state index contributed by atoms with van der Waals surface area (Å²) in [5, 5.41) is 1.12. The number of methoxy groups -OCH3 is 1. The fourth-order valence-corrected chi connectivity index (χ4v) is 4.43. The van der Waals surface area contributed by atoms with E-state index in [4.69, 9.17) is 9.72 Å². The zero-order valence-corrected chi connectivity index (χ0v) is 15.1. The van der Waals surface area contributed by atoms with Crippen molar-refractivity contribution in [2.24, 2.45) is 5.92 Å². The molecule has 0 amide bonds. The van der Waals surface area contributed by atoms with Gasteiger partial charge in [0.15, 0.2) is 5.78 Å². The Balaban J connectivity index is 1.59. The number of benzene rings is 1. The molecule has 2 aromatic rings. The molecule has 0 atom stereocenters. The van der Waals surface area contributed by atoms with Gasteiger partial charge in [-0.3, -0.25) is 9.78 Å². The van der Waals surface area contributed by atoms with Crippen LogP contribution in [0.2, 0.25) is 0 Å². The molecule has 2 aliphatic rings. The largest absolute Gasteiger partial charge is 0.381 e. The van der Waals surface area contributed by atoms with E-state index in [0.717, 1.165) is 55.0 Å². The molecule has 1 heterocycles. The highest BCUT2D eigenvalue weighted by Gasteiger charge is 2.27. The van der Waals surface area contributed by atoms with E-state index in [1.54, 1.807) is 7.11 Å². The minimum Gasteiger partial charge on any atom is -0.381 e. The number of Topliss-reactive ketones (excluding diaryl/α,β-unsaturated/α-hetero) is 1. The summed E-state index contributed by atoms with van der Waals surface area (Å²) in [6.45, 7) is 0. The SMILES string of the molecule is COC1CCC(C(=O)c2ccc3nc4c(cc3c2)CCCCC4)CC1. The number of nitrogens with zero attached hydrogens (tertiary/aromatic N) is 1. The predicted molar refractivity (Wildman–Crippen MR) is 100 cm³/mol. The molecule has 0 unspecified atom stereocenters. The van der Waals surface area contributed by atoms with E-state index in [-0.39, 0.29) is 5.92 Å². The van der Waals surface area contributed by atoms with E-state index in [1.165, 1.54) is 30.5 Å². The summed E-state index contributed by atoms with van der Waals surface area (Å²) in [4.78, 5) is 17.8. The first kappa shape index (κ1) is 16.7. The molecule has 1 fully saturated rings. The smallest absolute Gasteiger partial charge is 0.165 e. The number of aryl methyl sites for hydroxylation is 2. The van der Waals surface area contributed by atoms with Gasteiger partial charge in [-0.25, -0.2) is 0 Å². The molecule has 0 bridgehead atoms. The lowest BCUT2D eigenvalue weighted by molar-refractivity contribution is 0.0519. The first-order chi connectivity index (χ1) is 12.2. The van der Waals surface area contributed by atoms with Gasteiger partial charge < -0.3 is 4.74 Å². The second-order valence-electron chi connectivity index (χ2n) is 7.64. The summed E-state index contributed by atoms with van der Waals surface area (Å²) in [7, 11) is 1.77. The molecular formula is C22H27NO2. The van der Waals surface area contributed by atoms with E-state index in [0.29, 0.717) is 11.9 Å². The topological polar surface area (TPSA) is 39.2 Å². The number of ether oxygens (including phenoxy) is 1. The molecular weight excluding hydrogens is 310 g/mol. The maximum Gasteiger partial charge on any atom is 0.165 e. The summed E-state index contributed by atoms with van der Waals surface area (Å²) in [6, 6.07) is 8.36. The molecule has 132 valence electrons. The average molecular weight is 337 g/mol. The number of ketones is 1. The van der Waals surface area contributed by atoms with Crippen LogP contribution in [-0.4, -0.2) is 24.0 Å². The Morgan fingerprint density at radius 3 is 2.64 bits per heavy atom. The quantitative estimate of drug-likeness (QED) is 0.591. The van der Waals surface area contributed by atoms with Crippen LogP contribution in [0.3, 0.4) is 0 Å². The minimum atomic E-state index is 0.151. The van der Waals surface area contributed by atoms with Crippen molar-refractivity contribution in [2.45, 2.75) is 63.9 Å². The van der Waals surface area contributed by atoms with Gasteiger partial charge in [0.2, 0.25) is 0 Å². The summed E-state index contributed by atoms with van der Waals surface area (Å²) in [5.41, 5.74) is 4.53. The predicted octanol–water partition coefficient (Wildman–Crippen LogP) is 4.89. The number of aromatic nitrogens is 1. The number of fused-ring (bicyclic) bond motifs is 2. The fraction of sp³-hybridized carbons (Fsp3) is 0.545. The number of hydrogen-bond acceptors (Lipinski definition) is 3. The van der Waals surface area contributed by atoms with Crippen LogP contribution >= 0.6 is 0 Å². The lowest BCUT2D eigenvalue weighted by Gasteiger charge is -2.26. The molecule has 0 saturated heterocycles. The minimum absolute atomic E-state index is 0.151. The van der Waals surface area contributed by atoms with Crippen molar-refractivity contribution in [3.05, 3.63) is 41.1 Å². The second kappa shape index (κ2) is 7.25. The lowest BCUT2D eigenvalue weighted by atomic mass is 9.82. The third-order valence-electron chi connectivity index (χ3n) is 6.01. The molecule has 3 nitrogen and oxygen atoms in total. The van der Waals surface area contributed by atoms with Crippen LogP contribution in [0.25, 0.3) is 10.9 Å². The first-order valence-electron chi connectivity index (χ1n) is 9.74. The molecule has 25 heavy (non-hydrogen) atoms. The normalized spacial score (nSPS) is 23.9. The van der Waals surface area contributed by atoms with Crippen molar-refractivity contribution in [1.82, 2.24) is 4.98 Å². The third kappa shape index (κ3) is 3.48. The van der Waals surface area contributed by atoms with Crippen molar-refractivity contribution in [3.8, 4) is 0 Å². The van der Waals surface area contributed by atoms with Crippen LogP contribution in [0.5, 0.6) is 0 Å². The van der Waals surface area contributed by atoms with Crippen molar-refractivity contribution in [3.63, 3.8) is 0 Å². The molecule has 1 aromatic carbocycles. The Kier molecular flexibility index (Phi) is 4.85. The Hall–Kier alpha value is -1.74. The van der Waals surface area contributed by atoms with E-state index < -0.39 is 0 Å².